The average Bonchev–Trinajstić information content (AvgIpc) is 2.72. The summed E-state index contributed by atoms with van der Waals surface area (Å²) in [5, 5.41) is 3.95. The van der Waals surface area contributed by atoms with Crippen molar-refractivity contribution in [3.8, 4) is 0 Å². The van der Waals surface area contributed by atoms with Crippen molar-refractivity contribution in [1.82, 2.24) is 10.2 Å². The summed E-state index contributed by atoms with van der Waals surface area (Å²) in [7, 11) is 4.33. The summed E-state index contributed by atoms with van der Waals surface area (Å²) in [4.78, 5) is 2.29. The minimum atomic E-state index is 0.448. The molecule has 0 saturated heterocycles. The number of nitrogens with one attached hydrogen (secondary N) is 1. The zero-order chi connectivity index (χ0) is 15.1. The molecule has 2 nitrogen and oxygen atoms in total. The van der Waals surface area contributed by atoms with Gasteiger partial charge in [-0.05, 0) is 44.8 Å². The monoisotopic (exact) mass is 288 g/mol. The molecule has 0 bridgehead atoms. The van der Waals surface area contributed by atoms with Crippen molar-refractivity contribution in [3.63, 3.8) is 0 Å². The van der Waals surface area contributed by atoms with E-state index in [9.17, 15) is 0 Å². The van der Waals surface area contributed by atoms with Crippen LogP contribution in [0.4, 0.5) is 0 Å². The van der Waals surface area contributed by atoms with Crippen LogP contribution < -0.4 is 5.32 Å². The lowest BCUT2D eigenvalue weighted by Gasteiger charge is -2.28. The summed E-state index contributed by atoms with van der Waals surface area (Å²) in [6, 6.07) is 12.1. The number of hydrogen-bond acceptors (Lipinski definition) is 2. The van der Waals surface area contributed by atoms with Crippen LogP contribution in [0.15, 0.2) is 30.3 Å². The SMILES string of the molecule is CCC1CCCC(NC(CN(C)C)c2ccccc2)CC1. The first-order valence-corrected chi connectivity index (χ1v) is 8.64. The average molecular weight is 288 g/mol. The van der Waals surface area contributed by atoms with E-state index in [0.29, 0.717) is 12.1 Å². The van der Waals surface area contributed by atoms with Crippen LogP contribution in [0.2, 0.25) is 0 Å². The van der Waals surface area contributed by atoms with Gasteiger partial charge in [0, 0.05) is 18.6 Å². The standard InChI is InChI=1S/C19H32N2/c1-4-16-9-8-12-18(14-13-16)20-19(15-21(2)3)17-10-6-5-7-11-17/h5-7,10-11,16,18-20H,4,8-9,12-15H2,1-3H3. The number of nitrogens with zero attached hydrogens (tertiary/aromatic N) is 1. The van der Waals surface area contributed by atoms with Crippen LogP contribution >= 0.6 is 0 Å². The van der Waals surface area contributed by atoms with Gasteiger partial charge >= 0.3 is 0 Å². The molecule has 1 aromatic rings. The lowest BCUT2D eigenvalue weighted by Crippen LogP contribution is -2.37. The molecule has 1 N–H and O–H groups in total. The highest BCUT2D eigenvalue weighted by molar-refractivity contribution is 5.19. The third-order valence-electron chi connectivity index (χ3n) is 4.85. The lowest BCUT2D eigenvalue weighted by atomic mass is 9.97. The first-order valence-electron chi connectivity index (χ1n) is 8.64. The number of likely N-dealkylation sites (N-methyl/N-ethyl adjacent to an activating group) is 1. The maximum atomic E-state index is 3.95. The summed E-state index contributed by atoms with van der Waals surface area (Å²) < 4.78 is 0. The fourth-order valence-corrected chi connectivity index (χ4v) is 3.54. The zero-order valence-electron chi connectivity index (χ0n) is 14.0. The molecule has 1 aliphatic carbocycles. The molecule has 0 radical (unpaired) electrons. The van der Waals surface area contributed by atoms with Gasteiger partial charge in [-0.3, -0.25) is 0 Å². The molecule has 1 saturated carbocycles. The zero-order valence-corrected chi connectivity index (χ0v) is 14.0. The van der Waals surface area contributed by atoms with Gasteiger partial charge in [-0.15, -0.1) is 0 Å². The summed E-state index contributed by atoms with van der Waals surface area (Å²) in [6.45, 7) is 3.41. The second kappa shape index (κ2) is 8.55. The molecule has 118 valence electrons. The molecule has 1 aromatic carbocycles. The van der Waals surface area contributed by atoms with Gasteiger partial charge < -0.3 is 10.2 Å². The summed E-state index contributed by atoms with van der Waals surface area (Å²) in [5.74, 6) is 0.959. The van der Waals surface area contributed by atoms with Crippen LogP contribution in [0.3, 0.4) is 0 Å². The van der Waals surface area contributed by atoms with E-state index in [2.05, 4.69) is 61.6 Å². The third-order valence-corrected chi connectivity index (χ3v) is 4.85. The van der Waals surface area contributed by atoms with Crippen LogP contribution in [0.5, 0.6) is 0 Å². The van der Waals surface area contributed by atoms with E-state index in [0.717, 1.165) is 12.5 Å². The largest absolute Gasteiger partial charge is 0.308 e. The lowest BCUT2D eigenvalue weighted by molar-refractivity contribution is 0.306. The Hall–Kier alpha value is -0.860. The molecule has 1 fully saturated rings. The van der Waals surface area contributed by atoms with Gasteiger partial charge in [-0.25, -0.2) is 0 Å². The fourth-order valence-electron chi connectivity index (χ4n) is 3.54. The van der Waals surface area contributed by atoms with Crippen LogP contribution in [0, 0.1) is 5.92 Å². The minimum Gasteiger partial charge on any atom is -0.308 e. The summed E-state index contributed by atoms with van der Waals surface area (Å²) in [5.41, 5.74) is 1.42. The van der Waals surface area contributed by atoms with E-state index >= 15 is 0 Å². The molecule has 0 aliphatic heterocycles. The molecule has 0 aromatic heterocycles. The number of benzene rings is 1. The van der Waals surface area contributed by atoms with Gasteiger partial charge in [-0.1, -0.05) is 56.5 Å². The van der Waals surface area contributed by atoms with E-state index in [4.69, 9.17) is 0 Å². The first kappa shape index (κ1) is 16.5. The quantitative estimate of drug-likeness (QED) is 0.788. The highest BCUT2D eigenvalue weighted by Gasteiger charge is 2.21. The van der Waals surface area contributed by atoms with Gasteiger partial charge in [0.1, 0.15) is 0 Å². The Balaban J connectivity index is 1.98. The Kier molecular flexibility index (Phi) is 6.72. The molecule has 21 heavy (non-hydrogen) atoms. The van der Waals surface area contributed by atoms with Crippen molar-refractivity contribution in [1.29, 1.82) is 0 Å². The van der Waals surface area contributed by atoms with Crippen molar-refractivity contribution in [2.45, 2.75) is 57.5 Å². The number of rotatable bonds is 6. The van der Waals surface area contributed by atoms with Crippen LogP contribution in [-0.4, -0.2) is 31.6 Å². The van der Waals surface area contributed by atoms with Crippen LogP contribution in [-0.2, 0) is 0 Å². The topological polar surface area (TPSA) is 15.3 Å². The predicted octanol–water partition coefficient (Wildman–Crippen LogP) is 4.24. The van der Waals surface area contributed by atoms with Crippen molar-refractivity contribution in [2.75, 3.05) is 20.6 Å². The Morgan fingerprint density at radius 3 is 2.52 bits per heavy atom. The van der Waals surface area contributed by atoms with Crippen molar-refractivity contribution in [3.05, 3.63) is 35.9 Å². The molecule has 0 amide bonds. The molecular weight excluding hydrogens is 256 g/mol. The normalized spacial score (nSPS) is 24.8. The second-order valence-electron chi connectivity index (χ2n) is 6.87. The molecule has 3 unspecified atom stereocenters. The Bertz CT molecular complexity index is 388. The van der Waals surface area contributed by atoms with E-state index in [-0.39, 0.29) is 0 Å². The van der Waals surface area contributed by atoms with Crippen molar-refractivity contribution in [2.24, 2.45) is 5.92 Å². The molecule has 3 atom stereocenters. The minimum absolute atomic E-state index is 0.448. The Morgan fingerprint density at radius 2 is 1.86 bits per heavy atom. The molecule has 1 aliphatic rings. The predicted molar refractivity (Wildman–Crippen MR) is 91.5 cm³/mol. The van der Waals surface area contributed by atoms with E-state index in [1.165, 1.54) is 44.1 Å². The molecule has 2 heteroatoms. The van der Waals surface area contributed by atoms with Gasteiger partial charge in [0.2, 0.25) is 0 Å². The van der Waals surface area contributed by atoms with Gasteiger partial charge in [0.15, 0.2) is 0 Å². The molecule has 0 heterocycles. The smallest absolute Gasteiger partial charge is 0.0451 e. The maximum Gasteiger partial charge on any atom is 0.0451 e. The molecule has 0 spiro atoms. The highest BCUT2D eigenvalue weighted by atomic mass is 15.1. The third kappa shape index (κ3) is 5.44. The van der Waals surface area contributed by atoms with Crippen LogP contribution in [0.1, 0.15) is 57.1 Å². The van der Waals surface area contributed by atoms with E-state index in [1.54, 1.807) is 0 Å². The highest BCUT2D eigenvalue weighted by Crippen LogP contribution is 2.27. The van der Waals surface area contributed by atoms with Crippen molar-refractivity contribution < 1.29 is 0 Å². The Morgan fingerprint density at radius 1 is 1.10 bits per heavy atom. The van der Waals surface area contributed by atoms with E-state index < -0.39 is 0 Å². The molecule has 2 rings (SSSR count). The van der Waals surface area contributed by atoms with Gasteiger partial charge in [-0.2, -0.15) is 0 Å². The van der Waals surface area contributed by atoms with E-state index in [1.807, 2.05) is 0 Å². The number of hydrogen-bond donors (Lipinski definition) is 1. The van der Waals surface area contributed by atoms with Crippen molar-refractivity contribution >= 4 is 0 Å². The first-order chi connectivity index (χ1) is 10.2. The summed E-state index contributed by atoms with van der Waals surface area (Å²) >= 11 is 0. The second-order valence-corrected chi connectivity index (χ2v) is 6.87. The van der Waals surface area contributed by atoms with Gasteiger partial charge in [0.05, 0.1) is 0 Å². The summed E-state index contributed by atoms with van der Waals surface area (Å²) in [6.07, 6.45) is 8.25. The van der Waals surface area contributed by atoms with Crippen LogP contribution in [0.25, 0.3) is 0 Å². The maximum absolute atomic E-state index is 3.95. The Labute approximate surface area is 130 Å². The fraction of sp³-hybridized carbons (Fsp3) is 0.684. The molecular formula is C19H32N2. The van der Waals surface area contributed by atoms with Gasteiger partial charge in [0.25, 0.3) is 0 Å².